The molecule has 1 saturated heterocycles. The van der Waals surface area contributed by atoms with Crippen molar-refractivity contribution in [1.82, 2.24) is 4.72 Å². The quantitative estimate of drug-likeness (QED) is 0.594. The van der Waals surface area contributed by atoms with Crippen LogP contribution in [0.1, 0.15) is 27.2 Å². The molecule has 1 heterocycles. The van der Waals surface area contributed by atoms with Crippen molar-refractivity contribution in [1.29, 1.82) is 0 Å². The van der Waals surface area contributed by atoms with Crippen molar-refractivity contribution >= 4 is 48.0 Å². The zero-order valence-corrected chi connectivity index (χ0v) is 18.7. The molecule has 0 bridgehead atoms. The number of aliphatic hydroxyl groups excluding tert-OH is 1. The van der Waals surface area contributed by atoms with Gasteiger partial charge in [0.05, 0.1) is 23.1 Å². The molecule has 0 aromatic heterocycles. The third kappa shape index (κ3) is 3.85. The Morgan fingerprint density at radius 3 is 2.46 bits per heavy atom. The van der Waals surface area contributed by atoms with E-state index in [1.165, 1.54) is 6.07 Å². The van der Waals surface area contributed by atoms with Gasteiger partial charge in [-0.1, -0.05) is 15.9 Å². The average Bonchev–Trinajstić information content (AvgIpc) is 2.88. The Balaban J connectivity index is 2.37. The topological polar surface area (TPSA) is 107 Å². The van der Waals surface area contributed by atoms with Crippen molar-refractivity contribution in [3.05, 3.63) is 27.1 Å². The van der Waals surface area contributed by atoms with Gasteiger partial charge in [-0.2, -0.15) is 0 Å². The Bertz CT molecular complexity index is 809. The molecule has 1 fully saturated rings. The van der Waals surface area contributed by atoms with Crippen LogP contribution in [-0.2, 0) is 10.0 Å². The van der Waals surface area contributed by atoms with E-state index < -0.39 is 38.2 Å². The number of amides is 1. The van der Waals surface area contributed by atoms with Gasteiger partial charge in [0.15, 0.2) is 0 Å². The minimum absolute atomic E-state index is 0.00190. The monoisotopic (exact) mass is 512 g/mol. The van der Waals surface area contributed by atoms with Gasteiger partial charge in [0.25, 0.3) is 6.09 Å². The summed E-state index contributed by atoms with van der Waals surface area (Å²) in [6, 6.07) is 3.49. The fourth-order valence-corrected chi connectivity index (χ4v) is 6.41. The van der Waals surface area contributed by atoms with Gasteiger partial charge in [0.2, 0.25) is 10.0 Å². The molecule has 26 heavy (non-hydrogen) atoms. The standard InChI is InChI=1S/C16H22Br2N2O5S/c1-16(2,3)20(15(22)23)8-11(7-12(20)9-21)19-26(24,25)14-6-10(17)4-5-13(14)18/h4-6,11-12,19,21H,7-9H2,1-3H3/t11-,12-,20?/m1/s1. The molecule has 0 radical (unpaired) electrons. The number of likely N-dealkylation sites (tertiary alicyclic amines) is 1. The second-order valence-corrected chi connectivity index (χ2v) is 10.9. The van der Waals surface area contributed by atoms with Crippen LogP contribution in [0.3, 0.4) is 0 Å². The van der Waals surface area contributed by atoms with Gasteiger partial charge in [0, 0.05) is 15.4 Å². The first kappa shape index (κ1) is 21.8. The lowest BCUT2D eigenvalue weighted by Gasteiger charge is -2.48. The van der Waals surface area contributed by atoms with Crippen LogP contribution in [0.15, 0.2) is 32.0 Å². The number of nitrogens with zero attached hydrogens (tertiary/aromatic N) is 1. The lowest BCUT2D eigenvalue weighted by molar-refractivity contribution is -0.930. The van der Waals surface area contributed by atoms with Crippen LogP contribution in [-0.4, -0.2) is 54.9 Å². The van der Waals surface area contributed by atoms with Gasteiger partial charge in [0.1, 0.15) is 12.6 Å². The average molecular weight is 514 g/mol. The summed E-state index contributed by atoms with van der Waals surface area (Å²) in [6.45, 7) is 4.86. The summed E-state index contributed by atoms with van der Waals surface area (Å²) in [4.78, 5) is 12.0. The summed E-state index contributed by atoms with van der Waals surface area (Å²) >= 11 is 6.48. The number of nitrogens with one attached hydrogen (secondary N) is 1. The van der Waals surface area contributed by atoms with Gasteiger partial charge in [-0.05, 0) is 54.9 Å². The molecule has 1 unspecified atom stereocenters. The maximum Gasteiger partial charge on any atom is 0.258 e. The second-order valence-electron chi connectivity index (χ2n) is 7.45. The molecule has 1 amide bonds. The van der Waals surface area contributed by atoms with Crippen LogP contribution in [0.2, 0.25) is 0 Å². The molecule has 10 heteroatoms. The number of benzene rings is 1. The van der Waals surface area contributed by atoms with Crippen LogP contribution < -0.4 is 9.83 Å². The van der Waals surface area contributed by atoms with Gasteiger partial charge >= 0.3 is 0 Å². The SMILES string of the molecule is CC(C)(C)[N+]1(C(=O)[O-])C[C@H](NS(=O)(=O)c2cc(Br)ccc2Br)C[C@@H]1CO. The second kappa shape index (κ2) is 7.48. The van der Waals surface area contributed by atoms with Crippen LogP contribution in [0.4, 0.5) is 4.79 Å². The minimum Gasteiger partial charge on any atom is -0.498 e. The summed E-state index contributed by atoms with van der Waals surface area (Å²) in [5.74, 6) is 0. The Hall–Kier alpha value is -0.520. The van der Waals surface area contributed by atoms with Crippen molar-refractivity contribution < 1.29 is 27.9 Å². The molecular weight excluding hydrogens is 492 g/mol. The molecule has 1 aromatic carbocycles. The van der Waals surface area contributed by atoms with E-state index in [4.69, 9.17) is 0 Å². The smallest absolute Gasteiger partial charge is 0.258 e. The summed E-state index contributed by atoms with van der Waals surface area (Å²) in [5, 5.41) is 21.7. The lowest BCUT2D eigenvalue weighted by Crippen LogP contribution is -2.71. The molecule has 1 aliphatic heterocycles. The molecule has 0 spiro atoms. The molecule has 1 aliphatic rings. The van der Waals surface area contributed by atoms with Crippen LogP contribution in [0.25, 0.3) is 0 Å². The van der Waals surface area contributed by atoms with Crippen LogP contribution in [0.5, 0.6) is 0 Å². The van der Waals surface area contributed by atoms with E-state index in [-0.39, 0.29) is 24.5 Å². The third-order valence-corrected chi connectivity index (χ3v) is 7.93. The maximum absolute atomic E-state index is 12.8. The fourth-order valence-electron chi connectivity index (χ4n) is 3.66. The molecule has 0 aliphatic carbocycles. The zero-order chi connectivity index (χ0) is 19.9. The molecule has 2 N–H and O–H groups in total. The molecular formula is C16H22Br2N2O5S. The largest absolute Gasteiger partial charge is 0.498 e. The van der Waals surface area contributed by atoms with E-state index in [2.05, 4.69) is 36.6 Å². The van der Waals surface area contributed by atoms with E-state index in [1.807, 2.05) is 0 Å². The Labute approximate surface area is 170 Å². The number of quaternary nitrogens is 1. The molecule has 1 aromatic rings. The first-order valence-corrected chi connectivity index (χ1v) is 11.1. The molecule has 2 rings (SSSR count). The number of rotatable bonds is 4. The van der Waals surface area contributed by atoms with Gasteiger partial charge in [-0.3, -0.25) is 4.48 Å². The number of carbonyl (C=O) groups excluding carboxylic acids is 1. The lowest BCUT2D eigenvalue weighted by atomic mass is 10.00. The summed E-state index contributed by atoms with van der Waals surface area (Å²) in [6.07, 6.45) is -1.12. The van der Waals surface area contributed by atoms with Crippen molar-refractivity contribution in [2.24, 2.45) is 0 Å². The zero-order valence-electron chi connectivity index (χ0n) is 14.7. The van der Waals surface area contributed by atoms with Gasteiger partial charge in [-0.15, -0.1) is 0 Å². The van der Waals surface area contributed by atoms with Gasteiger partial charge < -0.3 is 15.0 Å². The third-order valence-electron chi connectivity index (χ3n) is 4.93. The number of hydrogen-bond donors (Lipinski definition) is 2. The van der Waals surface area contributed by atoms with Crippen molar-refractivity contribution in [2.45, 2.75) is 49.7 Å². The Morgan fingerprint density at radius 2 is 2.00 bits per heavy atom. The number of carbonyl (C=O) groups is 1. The first-order chi connectivity index (χ1) is 11.8. The van der Waals surface area contributed by atoms with Crippen molar-refractivity contribution in [2.75, 3.05) is 13.2 Å². The number of aliphatic hydroxyl groups is 1. The number of halogens is 2. The van der Waals surface area contributed by atoms with Crippen molar-refractivity contribution in [3.63, 3.8) is 0 Å². The maximum atomic E-state index is 12.8. The number of sulfonamides is 1. The normalized spacial score (nSPS) is 26.8. The van der Waals surface area contributed by atoms with E-state index >= 15 is 0 Å². The van der Waals surface area contributed by atoms with Crippen LogP contribution >= 0.6 is 31.9 Å². The minimum atomic E-state index is -3.88. The summed E-state index contributed by atoms with van der Waals surface area (Å²) in [7, 11) is -3.88. The predicted molar refractivity (Wildman–Crippen MR) is 102 cm³/mol. The van der Waals surface area contributed by atoms with E-state index in [0.717, 1.165) is 0 Å². The summed E-state index contributed by atoms with van der Waals surface area (Å²) < 4.78 is 28.7. The molecule has 3 atom stereocenters. The van der Waals surface area contributed by atoms with Crippen molar-refractivity contribution in [3.8, 4) is 0 Å². The summed E-state index contributed by atoms with van der Waals surface area (Å²) in [5.41, 5.74) is -0.761. The number of hydrogen-bond acceptors (Lipinski definition) is 5. The van der Waals surface area contributed by atoms with E-state index in [9.17, 15) is 23.4 Å². The molecule has 0 saturated carbocycles. The fraction of sp³-hybridized carbons (Fsp3) is 0.562. The van der Waals surface area contributed by atoms with Crippen LogP contribution in [0, 0.1) is 0 Å². The van der Waals surface area contributed by atoms with E-state index in [0.29, 0.717) is 8.95 Å². The van der Waals surface area contributed by atoms with E-state index in [1.54, 1.807) is 32.9 Å². The Kier molecular flexibility index (Phi) is 6.26. The number of carboxylic acid groups (broad SMARTS) is 1. The molecule has 146 valence electrons. The van der Waals surface area contributed by atoms with Gasteiger partial charge in [-0.25, -0.2) is 13.1 Å². The highest BCUT2D eigenvalue weighted by Gasteiger charge is 2.56. The highest BCUT2D eigenvalue weighted by Crippen LogP contribution is 2.37. The highest BCUT2D eigenvalue weighted by atomic mass is 79.9. The first-order valence-electron chi connectivity index (χ1n) is 8.03. The highest BCUT2D eigenvalue weighted by molar-refractivity contribution is 9.11. The predicted octanol–water partition coefficient (Wildman–Crippen LogP) is 1.58. The Morgan fingerprint density at radius 1 is 1.38 bits per heavy atom. The molecule has 7 nitrogen and oxygen atoms in total.